The van der Waals surface area contributed by atoms with Gasteiger partial charge < -0.3 is 5.73 Å². The molecule has 0 saturated heterocycles. The van der Waals surface area contributed by atoms with Crippen molar-refractivity contribution in [2.45, 2.75) is 33.6 Å². The second kappa shape index (κ2) is 5.80. The molecule has 0 aliphatic heterocycles. The molecule has 88 valence electrons. The van der Waals surface area contributed by atoms with Crippen molar-refractivity contribution in [1.82, 2.24) is 0 Å². The Labute approximate surface area is 97.9 Å². The zero-order chi connectivity index (χ0) is 12.1. The fourth-order valence-corrected chi connectivity index (χ4v) is 1.83. The average Bonchev–Trinajstić information content (AvgIpc) is 2.28. The summed E-state index contributed by atoms with van der Waals surface area (Å²) in [7, 11) is 0. The lowest BCUT2D eigenvalue weighted by Crippen LogP contribution is -2.23. The van der Waals surface area contributed by atoms with Crippen molar-refractivity contribution in [3.05, 3.63) is 34.9 Å². The van der Waals surface area contributed by atoms with Gasteiger partial charge in [0.05, 0.1) is 0 Å². The Hall–Kier alpha value is -1.15. The maximum atomic E-state index is 12.1. The summed E-state index contributed by atoms with van der Waals surface area (Å²) in [6.45, 7) is 6.61. The molecule has 1 aromatic carbocycles. The molecule has 0 aliphatic rings. The molecule has 2 heteroatoms. The first-order valence-corrected chi connectivity index (χ1v) is 5.91. The third-order valence-corrected chi connectivity index (χ3v) is 3.08. The number of carbonyl (C=O) groups is 1. The van der Waals surface area contributed by atoms with Crippen molar-refractivity contribution in [3.63, 3.8) is 0 Å². The minimum absolute atomic E-state index is 0.0212. The number of rotatable bonds is 5. The van der Waals surface area contributed by atoms with Gasteiger partial charge in [-0.05, 0) is 37.5 Å². The highest BCUT2D eigenvalue weighted by molar-refractivity contribution is 5.98. The molecule has 0 aromatic heterocycles. The Morgan fingerprint density at radius 1 is 1.31 bits per heavy atom. The molecule has 1 rings (SSSR count). The summed E-state index contributed by atoms with van der Waals surface area (Å²) in [5.74, 6) is 0.166. The molecule has 1 atom stereocenters. The lowest BCUT2D eigenvalue weighted by atomic mass is 9.92. The maximum Gasteiger partial charge on any atom is 0.167 e. The van der Waals surface area contributed by atoms with Crippen LogP contribution in [-0.4, -0.2) is 12.3 Å². The molecule has 1 unspecified atom stereocenters. The number of hydrogen-bond acceptors (Lipinski definition) is 2. The predicted molar refractivity (Wildman–Crippen MR) is 67.7 cm³/mol. The third-order valence-electron chi connectivity index (χ3n) is 3.08. The Kier molecular flexibility index (Phi) is 4.69. The molecule has 2 nitrogen and oxygen atoms in total. The third kappa shape index (κ3) is 2.92. The van der Waals surface area contributed by atoms with Crippen LogP contribution in [0.2, 0.25) is 0 Å². The van der Waals surface area contributed by atoms with Gasteiger partial charge in [-0.25, -0.2) is 0 Å². The molecule has 0 aliphatic carbocycles. The first-order valence-electron chi connectivity index (χ1n) is 5.91. The van der Waals surface area contributed by atoms with E-state index >= 15 is 0 Å². The lowest BCUT2D eigenvalue weighted by molar-refractivity contribution is 0.0917. The van der Waals surface area contributed by atoms with Crippen LogP contribution >= 0.6 is 0 Å². The highest BCUT2D eigenvalue weighted by atomic mass is 16.1. The molecule has 0 saturated carbocycles. The number of ketones is 1. The van der Waals surface area contributed by atoms with Crippen LogP contribution in [0.15, 0.2) is 18.2 Å². The van der Waals surface area contributed by atoms with Crippen molar-refractivity contribution in [1.29, 1.82) is 0 Å². The predicted octanol–water partition coefficient (Wildman–Crippen LogP) is 2.86. The number of benzene rings is 1. The van der Waals surface area contributed by atoms with Gasteiger partial charge in [0, 0.05) is 18.0 Å². The van der Waals surface area contributed by atoms with Gasteiger partial charge in [0.25, 0.3) is 0 Å². The van der Waals surface area contributed by atoms with E-state index in [0.717, 1.165) is 24.0 Å². The maximum absolute atomic E-state index is 12.1. The topological polar surface area (TPSA) is 43.1 Å². The molecule has 0 radical (unpaired) electrons. The Morgan fingerprint density at radius 2 is 2.00 bits per heavy atom. The quantitative estimate of drug-likeness (QED) is 0.774. The molecule has 0 fully saturated rings. The molecule has 2 N–H and O–H groups in total. The largest absolute Gasteiger partial charge is 0.330 e. The van der Waals surface area contributed by atoms with Crippen molar-refractivity contribution in [2.75, 3.05) is 6.54 Å². The highest BCUT2D eigenvalue weighted by Gasteiger charge is 2.17. The molecule has 16 heavy (non-hydrogen) atoms. The molecule has 1 aromatic rings. The Bertz CT molecular complexity index is 371. The minimum Gasteiger partial charge on any atom is -0.330 e. The molecular weight excluding hydrogens is 198 g/mol. The summed E-state index contributed by atoms with van der Waals surface area (Å²) in [6.07, 6.45) is 1.88. The number of Topliss-reactive ketones (excluding diaryl/α,β-unsaturated/α-hetero) is 1. The number of aryl methyl sites for hydroxylation is 2. The monoisotopic (exact) mass is 219 g/mol. The van der Waals surface area contributed by atoms with Gasteiger partial charge in [-0.1, -0.05) is 25.5 Å². The summed E-state index contributed by atoms with van der Waals surface area (Å²) in [5, 5.41) is 0. The summed E-state index contributed by atoms with van der Waals surface area (Å²) < 4.78 is 0. The van der Waals surface area contributed by atoms with Gasteiger partial charge in [0.2, 0.25) is 0 Å². The first kappa shape index (κ1) is 12.9. The summed E-state index contributed by atoms with van der Waals surface area (Å²) in [5.41, 5.74) is 8.83. The fourth-order valence-electron chi connectivity index (χ4n) is 1.83. The van der Waals surface area contributed by atoms with E-state index in [1.165, 1.54) is 5.56 Å². The van der Waals surface area contributed by atoms with E-state index in [1.807, 2.05) is 25.1 Å². The number of carbonyl (C=O) groups excluding carboxylic acids is 1. The highest BCUT2D eigenvalue weighted by Crippen LogP contribution is 2.16. The molecular formula is C14H21NO. The van der Waals surface area contributed by atoms with Crippen LogP contribution in [0.5, 0.6) is 0 Å². The van der Waals surface area contributed by atoms with E-state index in [2.05, 4.69) is 13.8 Å². The van der Waals surface area contributed by atoms with E-state index in [-0.39, 0.29) is 11.7 Å². The standard InChI is InChI=1S/C14H21NO/c1-4-5-13(9-15)14(16)12-7-6-10(2)11(3)8-12/h6-8,13H,4-5,9,15H2,1-3H3. The molecule has 0 spiro atoms. The summed E-state index contributed by atoms with van der Waals surface area (Å²) in [4.78, 5) is 12.1. The van der Waals surface area contributed by atoms with Gasteiger partial charge in [-0.3, -0.25) is 4.79 Å². The average molecular weight is 219 g/mol. The number of hydrogen-bond donors (Lipinski definition) is 1. The van der Waals surface area contributed by atoms with Crippen molar-refractivity contribution in [3.8, 4) is 0 Å². The van der Waals surface area contributed by atoms with E-state index in [9.17, 15) is 4.79 Å². The van der Waals surface area contributed by atoms with Crippen LogP contribution in [0.1, 0.15) is 41.3 Å². The van der Waals surface area contributed by atoms with E-state index in [4.69, 9.17) is 5.73 Å². The van der Waals surface area contributed by atoms with Crippen LogP contribution in [0.4, 0.5) is 0 Å². The van der Waals surface area contributed by atoms with E-state index < -0.39 is 0 Å². The SMILES string of the molecule is CCCC(CN)C(=O)c1ccc(C)c(C)c1. The zero-order valence-electron chi connectivity index (χ0n) is 10.4. The molecule has 0 bridgehead atoms. The van der Waals surface area contributed by atoms with Gasteiger partial charge in [0.1, 0.15) is 0 Å². The summed E-state index contributed by atoms with van der Waals surface area (Å²) >= 11 is 0. The summed E-state index contributed by atoms with van der Waals surface area (Å²) in [6, 6.07) is 5.88. The van der Waals surface area contributed by atoms with E-state index in [0.29, 0.717) is 6.54 Å². The van der Waals surface area contributed by atoms with Gasteiger partial charge >= 0.3 is 0 Å². The Balaban J connectivity index is 2.90. The van der Waals surface area contributed by atoms with E-state index in [1.54, 1.807) is 0 Å². The van der Waals surface area contributed by atoms with Gasteiger partial charge in [-0.15, -0.1) is 0 Å². The fraction of sp³-hybridized carbons (Fsp3) is 0.500. The Morgan fingerprint density at radius 3 is 2.50 bits per heavy atom. The smallest absolute Gasteiger partial charge is 0.167 e. The van der Waals surface area contributed by atoms with Crippen LogP contribution in [0, 0.1) is 19.8 Å². The first-order chi connectivity index (χ1) is 7.60. The van der Waals surface area contributed by atoms with Gasteiger partial charge in [-0.2, -0.15) is 0 Å². The minimum atomic E-state index is -0.0212. The van der Waals surface area contributed by atoms with Crippen LogP contribution < -0.4 is 5.73 Å². The normalized spacial score (nSPS) is 12.5. The van der Waals surface area contributed by atoms with Crippen LogP contribution in [0.25, 0.3) is 0 Å². The lowest BCUT2D eigenvalue weighted by Gasteiger charge is -2.13. The second-order valence-electron chi connectivity index (χ2n) is 4.38. The van der Waals surface area contributed by atoms with Gasteiger partial charge in [0.15, 0.2) is 5.78 Å². The molecule has 0 amide bonds. The zero-order valence-corrected chi connectivity index (χ0v) is 10.4. The van der Waals surface area contributed by atoms with Crippen molar-refractivity contribution in [2.24, 2.45) is 11.7 Å². The van der Waals surface area contributed by atoms with Crippen LogP contribution in [-0.2, 0) is 0 Å². The van der Waals surface area contributed by atoms with Crippen LogP contribution in [0.3, 0.4) is 0 Å². The van der Waals surface area contributed by atoms with Crippen molar-refractivity contribution < 1.29 is 4.79 Å². The molecule has 0 heterocycles. The van der Waals surface area contributed by atoms with Crippen molar-refractivity contribution >= 4 is 5.78 Å². The number of nitrogens with two attached hydrogens (primary N) is 1. The second-order valence-corrected chi connectivity index (χ2v) is 4.38.